The van der Waals surface area contributed by atoms with E-state index in [1.807, 2.05) is 27.7 Å². The summed E-state index contributed by atoms with van der Waals surface area (Å²) >= 11 is 0. The van der Waals surface area contributed by atoms with E-state index >= 15 is 0 Å². The first-order valence-electron chi connectivity index (χ1n) is 8.81. The lowest BCUT2D eigenvalue weighted by Gasteiger charge is -1.91. The number of hydrogen-bond acceptors (Lipinski definition) is 0. The first-order chi connectivity index (χ1) is 8.81. The zero-order valence-corrected chi connectivity index (χ0v) is 14.6. The van der Waals surface area contributed by atoms with Crippen LogP contribution in [0.3, 0.4) is 0 Å². The molecule has 0 nitrogen and oxygen atoms in total. The van der Waals surface area contributed by atoms with Gasteiger partial charge in [-0.25, -0.2) is 0 Å². The molecule has 0 spiro atoms. The van der Waals surface area contributed by atoms with E-state index in [0.29, 0.717) is 0 Å². The van der Waals surface area contributed by atoms with Crippen molar-refractivity contribution < 1.29 is 0 Å². The Morgan fingerprint density at radius 1 is 0.611 bits per heavy atom. The SMILES string of the molecule is C1CCCC1.CC.CC.CC1CCCC1.CCC. The van der Waals surface area contributed by atoms with E-state index in [4.69, 9.17) is 0 Å². The van der Waals surface area contributed by atoms with Crippen molar-refractivity contribution in [2.24, 2.45) is 5.92 Å². The lowest BCUT2D eigenvalue weighted by Crippen LogP contribution is -1.78. The van der Waals surface area contributed by atoms with Gasteiger partial charge in [-0.15, -0.1) is 0 Å². The van der Waals surface area contributed by atoms with E-state index < -0.39 is 0 Å². The minimum Gasteiger partial charge on any atom is -0.0683 e. The van der Waals surface area contributed by atoms with Crippen LogP contribution in [0.5, 0.6) is 0 Å². The van der Waals surface area contributed by atoms with E-state index in [2.05, 4.69) is 20.8 Å². The zero-order valence-electron chi connectivity index (χ0n) is 14.6. The molecule has 0 saturated heterocycles. The van der Waals surface area contributed by atoms with Crippen molar-refractivity contribution in [1.29, 1.82) is 0 Å². The molecular formula is C18H42. The predicted octanol–water partition coefficient (Wildman–Crippen LogP) is 7.62. The summed E-state index contributed by atoms with van der Waals surface area (Å²) in [6, 6.07) is 0. The second-order valence-corrected chi connectivity index (χ2v) is 4.86. The fraction of sp³-hybridized carbons (Fsp3) is 1.00. The molecule has 2 rings (SSSR count). The summed E-state index contributed by atoms with van der Waals surface area (Å²) in [6.07, 6.45) is 14.7. The van der Waals surface area contributed by atoms with E-state index in [0.717, 1.165) is 5.92 Å². The standard InChI is InChI=1S/C6H12.C5H10.C3H8.2C2H6/c1-6-4-2-3-5-6;1-2-4-5-3-1;1-3-2;2*1-2/h6H,2-5H2,1H3;1-5H2;3H2,1-2H3;2*1-2H3. The molecule has 2 fully saturated rings. The van der Waals surface area contributed by atoms with Gasteiger partial charge in [-0.2, -0.15) is 0 Å². The van der Waals surface area contributed by atoms with Crippen molar-refractivity contribution >= 4 is 0 Å². The third-order valence-corrected chi connectivity index (χ3v) is 2.89. The van der Waals surface area contributed by atoms with Crippen LogP contribution >= 0.6 is 0 Å². The highest BCUT2D eigenvalue weighted by Crippen LogP contribution is 2.22. The van der Waals surface area contributed by atoms with Crippen LogP contribution in [0.4, 0.5) is 0 Å². The molecule has 0 bridgehead atoms. The molecule has 0 unspecified atom stereocenters. The highest BCUT2D eigenvalue weighted by Gasteiger charge is 2.07. The van der Waals surface area contributed by atoms with Gasteiger partial charge >= 0.3 is 0 Å². The largest absolute Gasteiger partial charge is 0.0683 e. The Bertz CT molecular complexity index is 78.6. The van der Waals surface area contributed by atoms with Gasteiger partial charge in [0.15, 0.2) is 0 Å². The predicted molar refractivity (Wildman–Crippen MR) is 89.4 cm³/mol. The Morgan fingerprint density at radius 3 is 0.944 bits per heavy atom. The van der Waals surface area contributed by atoms with Crippen molar-refractivity contribution in [3.63, 3.8) is 0 Å². The van der Waals surface area contributed by atoms with Crippen LogP contribution < -0.4 is 0 Å². The molecule has 0 amide bonds. The summed E-state index contributed by atoms with van der Waals surface area (Å²) < 4.78 is 0. The molecule has 2 aliphatic carbocycles. The lowest BCUT2D eigenvalue weighted by atomic mass is 10.2. The monoisotopic (exact) mass is 258 g/mol. The van der Waals surface area contributed by atoms with Crippen LogP contribution in [-0.4, -0.2) is 0 Å². The normalized spacial score (nSPS) is 16.8. The van der Waals surface area contributed by atoms with Gasteiger partial charge < -0.3 is 0 Å². The smallest absolute Gasteiger partial charge is 0.0443 e. The van der Waals surface area contributed by atoms with Crippen molar-refractivity contribution in [2.75, 3.05) is 0 Å². The first-order valence-corrected chi connectivity index (χ1v) is 8.81. The van der Waals surface area contributed by atoms with Crippen molar-refractivity contribution in [3.8, 4) is 0 Å². The molecule has 0 aromatic rings. The van der Waals surface area contributed by atoms with E-state index in [1.54, 1.807) is 0 Å². The molecule has 0 heteroatoms. The fourth-order valence-corrected chi connectivity index (χ4v) is 2.01. The Morgan fingerprint density at radius 2 is 0.833 bits per heavy atom. The summed E-state index contributed by atoms with van der Waals surface area (Å²) in [7, 11) is 0. The maximum atomic E-state index is 2.34. The topological polar surface area (TPSA) is 0 Å². The average molecular weight is 259 g/mol. The molecule has 114 valence electrons. The summed E-state index contributed by atoms with van der Waals surface area (Å²) in [5, 5.41) is 0. The molecule has 2 aliphatic rings. The summed E-state index contributed by atoms with van der Waals surface area (Å²) in [5.41, 5.74) is 0. The third kappa shape index (κ3) is 25.0. The molecule has 0 N–H and O–H groups in total. The maximum absolute atomic E-state index is 2.34. The molecule has 0 aliphatic heterocycles. The third-order valence-electron chi connectivity index (χ3n) is 2.89. The quantitative estimate of drug-likeness (QED) is 0.419. The van der Waals surface area contributed by atoms with Gasteiger partial charge in [0.25, 0.3) is 0 Å². The fourth-order valence-electron chi connectivity index (χ4n) is 2.01. The number of rotatable bonds is 0. The van der Waals surface area contributed by atoms with Crippen molar-refractivity contribution in [3.05, 3.63) is 0 Å². The van der Waals surface area contributed by atoms with Gasteiger partial charge in [0, 0.05) is 0 Å². The van der Waals surface area contributed by atoms with Crippen LogP contribution in [0.2, 0.25) is 0 Å². The van der Waals surface area contributed by atoms with E-state index in [9.17, 15) is 0 Å². The Labute approximate surface area is 119 Å². The van der Waals surface area contributed by atoms with Crippen LogP contribution in [0, 0.1) is 5.92 Å². The number of hydrogen-bond donors (Lipinski definition) is 0. The van der Waals surface area contributed by atoms with Gasteiger partial charge in [0.1, 0.15) is 0 Å². The van der Waals surface area contributed by atoms with E-state index in [1.165, 1.54) is 64.2 Å². The average Bonchev–Trinajstić information content (AvgIpc) is 3.10. The molecule has 2 saturated carbocycles. The van der Waals surface area contributed by atoms with Gasteiger partial charge in [-0.05, 0) is 5.92 Å². The second kappa shape index (κ2) is 25.8. The zero-order chi connectivity index (χ0) is 14.6. The van der Waals surface area contributed by atoms with Crippen LogP contribution in [0.25, 0.3) is 0 Å². The Hall–Kier alpha value is 0. The second-order valence-electron chi connectivity index (χ2n) is 4.86. The molecule has 0 atom stereocenters. The van der Waals surface area contributed by atoms with Gasteiger partial charge in [-0.1, -0.05) is 113 Å². The van der Waals surface area contributed by atoms with Crippen molar-refractivity contribution in [1.82, 2.24) is 0 Å². The summed E-state index contributed by atoms with van der Waals surface area (Å²) in [4.78, 5) is 0. The lowest BCUT2D eigenvalue weighted by molar-refractivity contribution is 0.612. The minimum atomic E-state index is 1.05. The Balaban J connectivity index is -0.000000171. The highest BCUT2D eigenvalue weighted by molar-refractivity contribution is 4.60. The molecular weight excluding hydrogens is 216 g/mol. The molecule has 0 radical (unpaired) electrons. The molecule has 0 heterocycles. The highest BCUT2D eigenvalue weighted by atomic mass is 14.1. The molecule has 18 heavy (non-hydrogen) atoms. The van der Waals surface area contributed by atoms with Crippen LogP contribution in [-0.2, 0) is 0 Å². The van der Waals surface area contributed by atoms with Crippen molar-refractivity contribution in [2.45, 2.75) is 113 Å². The summed E-state index contributed by atoms with van der Waals surface area (Å²) in [5.74, 6) is 1.05. The maximum Gasteiger partial charge on any atom is -0.0443 e. The van der Waals surface area contributed by atoms with E-state index in [-0.39, 0.29) is 0 Å². The molecule has 0 aromatic carbocycles. The van der Waals surface area contributed by atoms with Gasteiger partial charge in [0.2, 0.25) is 0 Å². The molecule has 0 aromatic heterocycles. The van der Waals surface area contributed by atoms with Crippen LogP contribution in [0.1, 0.15) is 113 Å². The first kappa shape index (κ1) is 23.1. The minimum absolute atomic E-state index is 1.05. The van der Waals surface area contributed by atoms with Gasteiger partial charge in [-0.3, -0.25) is 0 Å². The van der Waals surface area contributed by atoms with Gasteiger partial charge in [0.05, 0.1) is 0 Å². The Kier molecular flexibility index (Phi) is 33.1. The van der Waals surface area contributed by atoms with Crippen LogP contribution in [0.15, 0.2) is 0 Å². The summed E-state index contributed by atoms with van der Waals surface area (Å²) in [6.45, 7) is 14.6.